The Morgan fingerprint density at radius 3 is 2.38 bits per heavy atom. The molecule has 2 rings (SSSR count). The molecule has 0 aliphatic carbocycles. The number of hydrogen-bond acceptors (Lipinski definition) is 5. The lowest BCUT2D eigenvalue weighted by Gasteiger charge is -2.07. The highest BCUT2D eigenvalue weighted by Crippen LogP contribution is 2.24. The Kier molecular flexibility index (Phi) is 5.26. The summed E-state index contributed by atoms with van der Waals surface area (Å²) in [7, 11) is 0. The first-order valence-electron chi connectivity index (χ1n) is 6.16. The lowest BCUT2D eigenvalue weighted by molar-refractivity contribution is -0.384. The summed E-state index contributed by atoms with van der Waals surface area (Å²) in [6.07, 6.45) is 0. The third kappa shape index (κ3) is 4.25. The molecule has 0 bridgehead atoms. The van der Waals surface area contributed by atoms with Crippen LogP contribution in [0.25, 0.3) is 0 Å². The van der Waals surface area contributed by atoms with Crippen molar-refractivity contribution in [3.63, 3.8) is 0 Å². The molecular formula is C14H14BrN3O3. The molecule has 0 atom stereocenters. The summed E-state index contributed by atoms with van der Waals surface area (Å²) >= 11 is 3.37. The number of nitro benzene ring substituents is 1. The lowest BCUT2D eigenvalue weighted by Crippen LogP contribution is -2.09. The van der Waals surface area contributed by atoms with Crippen molar-refractivity contribution in [2.24, 2.45) is 5.84 Å². The average molecular weight is 352 g/mol. The normalized spacial score (nSPS) is 10.4. The summed E-state index contributed by atoms with van der Waals surface area (Å²) in [6, 6.07) is 12.5. The minimum Gasteiger partial charge on any atom is -0.372 e. The largest absolute Gasteiger partial charge is 0.372 e. The quantitative estimate of drug-likeness (QED) is 0.473. The molecule has 0 saturated carbocycles. The molecule has 2 aromatic carbocycles. The van der Waals surface area contributed by atoms with Crippen LogP contribution in [0.2, 0.25) is 0 Å². The predicted octanol–water partition coefficient (Wildman–Crippen LogP) is 3.36. The number of benzene rings is 2. The summed E-state index contributed by atoms with van der Waals surface area (Å²) < 4.78 is 6.61. The van der Waals surface area contributed by atoms with E-state index in [0.717, 1.165) is 15.6 Å². The molecule has 0 heterocycles. The van der Waals surface area contributed by atoms with Gasteiger partial charge in [0.1, 0.15) is 5.69 Å². The highest BCUT2D eigenvalue weighted by Gasteiger charge is 2.13. The molecular weight excluding hydrogens is 338 g/mol. The van der Waals surface area contributed by atoms with Crippen LogP contribution in [-0.2, 0) is 18.0 Å². The average Bonchev–Trinajstić information content (AvgIpc) is 2.49. The van der Waals surface area contributed by atoms with Crippen molar-refractivity contribution in [1.29, 1.82) is 0 Å². The van der Waals surface area contributed by atoms with E-state index in [9.17, 15) is 10.1 Å². The van der Waals surface area contributed by atoms with Gasteiger partial charge in [0.15, 0.2) is 0 Å². The molecule has 0 radical (unpaired) electrons. The van der Waals surface area contributed by atoms with Gasteiger partial charge in [-0.3, -0.25) is 16.0 Å². The van der Waals surface area contributed by atoms with Gasteiger partial charge in [0, 0.05) is 10.5 Å². The Morgan fingerprint density at radius 2 is 1.76 bits per heavy atom. The summed E-state index contributed by atoms with van der Waals surface area (Å²) in [5.41, 5.74) is 4.40. The smallest absolute Gasteiger partial charge is 0.293 e. The zero-order valence-corrected chi connectivity index (χ0v) is 12.7. The van der Waals surface area contributed by atoms with Crippen LogP contribution < -0.4 is 11.3 Å². The third-order valence-electron chi connectivity index (χ3n) is 2.86. The number of rotatable bonds is 6. The van der Waals surface area contributed by atoms with Gasteiger partial charge in [0.2, 0.25) is 0 Å². The van der Waals surface area contributed by atoms with E-state index in [-0.39, 0.29) is 11.4 Å². The van der Waals surface area contributed by atoms with Gasteiger partial charge in [-0.2, -0.15) is 0 Å². The topological polar surface area (TPSA) is 90.4 Å². The van der Waals surface area contributed by atoms with Crippen molar-refractivity contribution in [3.05, 3.63) is 68.2 Å². The molecule has 0 unspecified atom stereocenters. The van der Waals surface area contributed by atoms with Crippen molar-refractivity contribution in [1.82, 2.24) is 0 Å². The minimum absolute atomic E-state index is 0.0610. The Labute approximate surface area is 130 Å². The van der Waals surface area contributed by atoms with Crippen LogP contribution in [0.1, 0.15) is 11.1 Å². The molecule has 0 saturated heterocycles. The Hall–Kier alpha value is -1.96. The van der Waals surface area contributed by atoms with Crippen LogP contribution in [0.5, 0.6) is 0 Å². The van der Waals surface area contributed by atoms with E-state index < -0.39 is 4.92 Å². The van der Waals surface area contributed by atoms with E-state index >= 15 is 0 Å². The SMILES string of the molecule is NNc1cc(COCc2ccc(Br)cc2)ccc1[N+](=O)[O-]. The second-order valence-electron chi connectivity index (χ2n) is 4.37. The van der Waals surface area contributed by atoms with E-state index in [1.54, 1.807) is 12.1 Å². The van der Waals surface area contributed by atoms with E-state index in [1.165, 1.54) is 6.07 Å². The number of ether oxygens (including phenoxy) is 1. The Bertz CT molecular complexity index is 632. The Morgan fingerprint density at radius 1 is 1.14 bits per heavy atom. The number of nitrogens with one attached hydrogen (secondary N) is 1. The highest BCUT2D eigenvalue weighted by atomic mass is 79.9. The standard InChI is InChI=1S/C14H14BrN3O3/c15-12-4-1-10(2-5-12)8-21-9-11-3-6-14(18(19)20)13(7-11)17-16/h1-7,17H,8-9,16H2. The van der Waals surface area contributed by atoms with Gasteiger partial charge < -0.3 is 10.2 Å². The minimum atomic E-state index is -0.484. The maximum atomic E-state index is 10.8. The fraction of sp³-hybridized carbons (Fsp3) is 0.143. The molecule has 110 valence electrons. The summed E-state index contributed by atoms with van der Waals surface area (Å²) in [5, 5.41) is 10.8. The molecule has 0 spiro atoms. The summed E-state index contributed by atoms with van der Waals surface area (Å²) in [4.78, 5) is 10.3. The number of nitro groups is 1. The highest BCUT2D eigenvalue weighted by molar-refractivity contribution is 9.10. The predicted molar refractivity (Wildman–Crippen MR) is 83.5 cm³/mol. The number of nitrogens with two attached hydrogens (primary N) is 1. The monoisotopic (exact) mass is 351 g/mol. The zero-order valence-electron chi connectivity index (χ0n) is 11.1. The van der Waals surface area contributed by atoms with Crippen molar-refractivity contribution >= 4 is 27.3 Å². The first-order valence-corrected chi connectivity index (χ1v) is 6.95. The van der Waals surface area contributed by atoms with Crippen LogP contribution in [0.15, 0.2) is 46.9 Å². The van der Waals surface area contributed by atoms with Gasteiger partial charge >= 0.3 is 0 Å². The van der Waals surface area contributed by atoms with Gasteiger partial charge in [-0.25, -0.2) is 0 Å². The molecule has 0 aromatic heterocycles. The van der Waals surface area contributed by atoms with Gasteiger partial charge in [-0.05, 0) is 35.4 Å². The van der Waals surface area contributed by atoms with Gasteiger partial charge in [0.05, 0.1) is 18.1 Å². The van der Waals surface area contributed by atoms with Crippen LogP contribution in [0.3, 0.4) is 0 Å². The number of halogens is 1. The van der Waals surface area contributed by atoms with Crippen LogP contribution in [0.4, 0.5) is 11.4 Å². The van der Waals surface area contributed by atoms with Crippen molar-refractivity contribution in [2.75, 3.05) is 5.43 Å². The van der Waals surface area contributed by atoms with Gasteiger partial charge in [-0.15, -0.1) is 0 Å². The first kappa shape index (κ1) is 15.4. The van der Waals surface area contributed by atoms with E-state index in [0.29, 0.717) is 13.2 Å². The maximum absolute atomic E-state index is 10.8. The molecule has 0 aliphatic rings. The molecule has 2 aromatic rings. The number of hydrazine groups is 1. The third-order valence-corrected chi connectivity index (χ3v) is 3.39. The summed E-state index contributed by atoms with van der Waals surface area (Å²) in [5.74, 6) is 5.29. The van der Waals surface area contributed by atoms with E-state index in [1.807, 2.05) is 24.3 Å². The maximum Gasteiger partial charge on any atom is 0.293 e. The molecule has 6 nitrogen and oxygen atoms in total. The molecule has 21 heavy (non-hydrogen) atoms. The van der Waals surface area contributed by atoms with Crippen molar-refractivity contribution in [2.45, 2.75) is 13.2 Å². The van der Waals surface area contributed by atoms with E-state index in [2.05, 4.69) is 21.4 Å². The number of nitrogens with zero attached hydrogens (tertiary/aromatic N) is 1. The second kappa shape index (κ2) is 7.16. The van der Waals surface area contributed by atoms with Crippen LogP contribution >= 0.6 is 15.9 Å². The lowest BCUT2D eigenvalue weighted by atomic mass is 10.2. The van der Waals surface area contributed by atoms with Crippen LogP contribution in [-0.4, -0.2) is 4.92 Å². The van der Waals surface area contributed by atoms with Crippen LogP contribution in [0, 0.1) is 10.1 Å². The number of nitrogen functional groups attached to an aromatic ring is 1. The number of hydrogen-bond donors (Lipinski definition) is 2. The molecule has 0 aliphatic heterocycles. The fourth-order valence-corrected chi connectivity index (χ4v) is 2.08. The van der Waals surface area contributed by atoms with Gasteiger partial charge in [0.25, 0.3) is 5.69 Å². The second-order valence-corrected chi connectivity index (χ2v) is 5.29. The summed E-state index contributed by atoms with van der Waals surface area (Å²) in [6.45, 7) is 0.818. The number of anilines is 1. The molecule has 0 amide bonds. The zero-order chi connectivity index (χ0) is 15.2. The van der Waals surface area contributed by atoms with Gasteiger partial charge in [-0.1, -0.05) is 28.1 Å². The fourth-order valence-electron chi connectivity index (χ4n) is 1.82. The molecule has 0 fully saturated rings. The molecule has 3 N–H and O–H groups in total. The van der Waals surface area contributed by atoms with Crippen molar-refractivity contribution < 1.29 is 9.66 Å². The first-order chi connectivity index (χ1) is 10.1. The van der Waals surface area contributed by atoms with E-state index in [4.69, 9.17) is 10.6 Å². The van der Waals surface area contributed by atoms with Crippen molar-refractivity contribution in [3.8, 4) is 0 Å². The molecule has 7 heteroatoms. The Balaban J connectivity index is 1.97.